The number of rotatable bonds is 6. The minimum absolute atomic E-state index is 0.0126. The first-order valence-electron chi connectivity index (χ1n) is 9.34. The van der Waals surface area contributed by atoms with Crippen LogP contribution in [0.4, 0.5) is 5.69 Å². The molecular weight excluding hydrogens is 500 g/mol. The largest absolute Gasteiger partial charge is 0.489 e. The zero-order chi connectivity index (χ0) is 22.7. The van der Waals surface area contributed by atoms with Crippen LogP contribution < -0.4 is 4.74 Å². The molecule has 32 heavy (non-hydrogen) atoms. The molecular formula is C23H14BrClN2O5. The number of nitro benzene ring substituents is 1. The van der Waals surface area contributed by atoms with Gasteiger partial charge >= 0.3 is 5.97 Å². The first kappa shape index (κ1) is 21.7. The summed E-state index contributed by atoms with van der Waals surface area (Å²) in [6.45, 7) is 0.412. The minimum atomic E-state index is -0.646. The van der Waals surface area contributed by atoms with E-state index in [0.29, 0.717) is 12.4 Å². The zero-order valence-corrected chi connectivity index (χ0v) is 18.7. The van der Waals surface area contributed by atoms with Crippen molar-refractivity contribution in [2.45, 2.75) is 6.61 Å². The lowest BCUT2D eigenvalue weighted by atomic mass is 10.2. The van der Waals surface area contributed by atoms with E-state index in [1.807, 2.05) is 24.3 Å². The van der Waals surface area contributed by atoms with Crippen molar-refractivity contribution < 1.29 is 19.2 Å². The molecule has 0 amide bonds. The Labute approximate surface area is 196 Å². The van der Waals surface area contributed by atoms with Crippen molar-refractivity contribution in [1.29, 1.82) is 0 Å². The van der Waals surface area contributed by atoms with Gasteiger partial charge in [0.15, 0.2) is 5.70 Å². The fraction of sp³-hybridized carbons (Fsp3) is 0.0435. The topological polar surface area (TPSA) is 91.0 Å². The molecule has 0 fully saturated rings. The summed E-state index contributed by atoms with van der Waals surface area (Å²) in [5.74, 6) is 0.0100. The van der Waals surface area contributed by atoms with Crippen LogP contribution in [0.15, 0.2) is 81.9 Å². The standard InChI is InChI=1S/C23H14BrClN2O5/c24-18-4-2-1-3-16(18)13-31-17-8-5-14(6-9-17)11-20-23(28)32-22(26-20)15-7-10-19(25)21(12-15)27(29)30/h1-12H,13H2/b20-11-. The highest BCUT2D eigenvalue weighted by Gasteiger charge is 2.26. The molecule has 0 atom stereocenters. The van der Waals surface area contributed by atoms with Gasteiger partial charge in [0, 0.05) is 21.7 Å². The molecule has 3 aromatic carbocycles. The SMILES string of the molecule is O=C1OC(c2ccc(Cl)c([N+](=O)[O-])c2)=N/C1=C\c1ccc(OCc2ccccc2Br)cc1. The van der Waals surface area contributed by atoms with Crippen LogP contribution in [0.2, 0.25) is 5.02 Å². The highest BCUT2D eigenvalue weighted by Crippen LogP contribution is 2.28. The molecule has 4 rings (SSSR count). The van der Waals surface area contributed by atoms with Crippen LogP contribution in [0.3, 0.4) is 0 Å². The molecule has 0 saturated carbocycles. The quantitative estimate of drug-likeness (QED) is 0.176. The Balaban J connectivity index is 1.49. The number of carbonyl (C=O) groups is 1. The first-order chi connectivity index (χ1) is 15.4. The number of halogens is 2. The molecule has 0 spiro atoms. The van der Waals surface area contributed by atoms with Gasteiger partial charge in [0.2, 0.25) is 5.90 Å². The van der Waals surface area contributed by atoms with Crippen LogP contribution >= 0.6 is 27.5 Å². The number of nitrogens with zero attached hydrogens (tertiary/aromatic N) is 2. The van der Waals surface area contributed by atoms with Gasteiger partial charge in [0.1, 0.15) is 17.4 Å². The number of carbonyl (C=O) groups excluding carboxylic acids is 1. The third-order valence-electron chi connectivity index (χ3n) is 4.55. The van der Waals surface area contributed by atoms with Gasteiger partial charge in [-0.1, -0.05) is 57.9 Å². The molecule has 1 aliphatic heterocycles. The number of benzene rings is 3. The Morgan fingerprint density at radius 1 is 1.12 bits per heavy atom. The van der Waals surface area contributed by atoms with Crippen LogP contribution in [0.1, 0.15) is 16.7 Å². The average Bonchev–Trinajstić information content (AvgIpc) is 3.14. The molecule has 0 radical (unpaired) electrons. The number of cyclic esters (lactones) is 1. The molecule has 3 aromatic rings. The lowest BCUT2D eigenvalue weighted by Crippen LogP contribution is -2.06. The maximum atomic E-state index is 12.2. The second kappa shape index (κ2) is 9.33. The summed E-state index contributed by atoms with van der Waals surface area (Å²) >= 11 is 9.32. The Morgan fingerprint density at radius 2 is 1.88 bits per heavy atom. The number of ether oxygens (including phenoxy) is 2. The predicted octanol–water partition coefficient (Wildman–Crippen LogP) is 5.93. The first-order valence-corrected chi connectivity index (χ1v) is 10.5. The molecule has 1 aliphatic rings. The average molecular weight is 514 g/mol. The molecule has 160 valence electrons. The molecule has 7 nitrogen and oxygen atoms in total. The van der Waals surface area contributed by atoms with E-state index in [1.165, 1.54) is 18.2 Å². The van der Waals surface area contributed by atoms with E-state index in [0.717, 1.165) is 15.6 Å². The predicted molar refractivity (Wildman–Crippen MR) is 124 cm³/mol. The second-order valence-electron chi connectivity index (χ2n) is 6.71. The summed E-state index contributed by atoms with van der Waals surface area (Å²) in [5.41, 5.74) is 1.82. The van der Waals surface area contributed by atoms with Gasteiger partial charge < -0.3 is 9.47 Å². The maximum Gasteiger partial charge on any atom is 0.363 e. The van der Waals surface area contributed by atoms with Crippen molar-refractivity contribution >= 4 is 51.2 Å². The van der Waals surface area contributed by atoms with E-state index in [2.05, 4.69) is 20.9 Å². The Morgan fingerprint density at radius 3 is 2.59 bits per heavy atom. The van der Waals surface area contributed by atoms with Gasteiger partial charge in [-0.15, -0.1) is 0 Å². The number of hydrogen-bond donors (Lipinski definition) is 0. The summed E-state index contributed by atoms with van der Waals surface area (Å²) in [6.07, 6.45) is 1.57. The summed E-state index contributed by atoms with van der Waals surface area (Å²) in [5, 5.41) is 11.1. The van der Waals surface area contributed by atoms with E-state index in [1.54, 1.807) is 30.3 Å². The second-order valence-corrected chi connectivity index (χ2v) is 7.97. The van der Waals surface area contributed by atoms with Crippen LogP contribution in [-0.2, 0) is 16.1 Å². The smallest absolute Gasteiger partial charge is 0.363 e. The summed E-state index contributed by atoms with van der Waals surface area (Å²) in [4.78, 5) is 26.9. The fourth-order valence-corrected chi connectivity index (χ4v) is 3.50. The summed E-state index contributed by atoms with van der Waals surface area (Å²) in [6, 6.07) is 19.0. The Bertz CT molecular complexity index is 1270. The van der Waals surface area contributed by atoms with Crippen LogP contribution in [-0.4, -0.2) is 16.8 Å². The van der Waals surface area contributed by atoms with E-state index >= 15 is 0 Å². The summed E-state index contributed by atoms with van der Waals surface area (Å²) < 4.78 is 11.9. The third kappa shape index (κ3) is 4.87. The van der Waals surface area contributed by atoms with Crippen LogP contribution in [0.5, 0.6) is 5.75 Å². The van der Waals surface area contributed by atoms with Crippen molar-refractivity contribution in [2.75, 3.05) is 0 Å². The van der Waals surface area contributed by atoms with Gasteiger partial charge in [-0.05, 0) is 42.0 Å². The van der Waals surface area contributed by atoms with Gasteiger partial charge in [0.25, 0.3) is 5.69 Å². The van der Waals surface area contributed by atoms with Crippen molar-refractivity contribution in [2.24, 2.45) is 4.99 Å². The molecule has 0 unspecified atom stereocenters. The van der Waals surface area contributed by atoms with Crippen LogP contribution in [0, 0.1) is 10.1 Å². The zero-order valence-electron chi connectivity index (χ0n) is 16.3. The minimum Gasteiger partial charge on any atom is -0.489 e. The fourth-order valence-electron chi connectivity index (χ4n) is 2.91. The van der Waals surface area contributed by atoms with E-state index < -0.39 is 10.9 Å². The molecule has 0 aliphatic carbocycles. The van der Waals surface area contributed by atoms with Crippen molar-refractivity contribution in [3.05, 3.63) is 109 Å². The van der Waals surface area contributed by atoms with Gasteiger partial charge in [-0.3, -0.25) is 10.1 Å². The maximum absolute atomic E-state index is 12.2. The normalized spacial score (nSPS) is 14.2. The lowest BCUT2D eigenvalue weighted by molar-refractivity contribution is -0.384. The highest BCUT2D eigenvalue weighted by molar-refractivity contribution is 9.10. The molecule has 0 saturated heterocycles. The summed E-state index contributed by atoms with van der Waals surface area (Å²) in [7, 11) is 0. The van der Waals surface area contributed by atoms with Gasteiger partial charge in [-0.25, -0.2) is 9.79 Å². The van der Waals surface area contributed by atoms with Gasteiger partial charge in [-0.2, -0.15) is 0 Å². The number of nitro groups is 1. The number of aliphatic imine (C=N–C) groups is 1. The van der Waals surface area contributed by atoms with E-state index in [4.69, 9.17) is 21.1 Å². The van der Waals surface area contributed by atoms with Gasteiger partial charge in [0.05, 0.1) is 4.92 Å². The van der Waals surface area contributed by atoms with Crippen molar-refractivity contribution in [1.82, 2.24) is 0 Å². The lowest BCUT2D eigenvalue weighted by Gasteiger charge is -2.08. The Hall–Kier alpha value is -3.49. The monoisotopic (exact) mass is 512 g/mol. The van der Waals surface area contributed by atoms with Crippen molar-refractivity contribution in [3.8, 4) is 5.75 Å². The van der Waals surface area contributed by atoms with Crippen molar-refractivity contribution in [3.63, 3.8) is 0 Å². The molecule has 1 heterocycles. The number of esters is 1. The third-order valence-corrected chi connectivity index (χ3v) is 5.64. The number of hydrogen-bond acceptors (Lipinski definition) is 6. The molecule has 0 bridgehead atoms. The molecule has 9 heteroatoms. The van der Waals surface area contributed by atoms with Crippen LogP contribution in [0.25, 0.3) is 6.08 Å². The van der Waals surface area contributed by atoms with E-state index in [-0.39, 0.29) is 27.9 Å². The highest BCUT2D eigenvalue weighted by atomic mass is 79.9. The van der Waals surface area contributed by atoms with E-state index in [9.17, 15) is 14.9 Å². The Kier molecular flexibility index (Phi) is 6.34. The molecule has 0 aromatic heterocycles. The molecule has 0 N–H and O–H groups in total.